The lowest BCUT2D eigenvalue weighted by Crippen LogP contribution is -2.57. The normalized spacial score (nSPS) is 16.1. The fraction of sp³-hybridized carbons (Fsp3) is 0.355. The van der Waals surface area contributed by atoms with Crippen molar-refractivity contribution >= 4 is 41.3 Å². The average molecular weight is 610 g/mol. The first-order valence-corrected chi connectivity index (χ1v) is 13.8. The van der Waals surface area contributed by atoms with Gasteiger partial charge in [-0.05, 0) is 36.1 Å². The molecule has 2 aromatic carbocycles. The molecule has 1 heterocycles. The highest BCUT2D eigenvalue weighted by Crippen LogP contribution is 2.35. The molecule has 3 atom stereocenters. The number of aliphatic hydroxyl groups excluding tert-OH is 1. The van der Waals surface area contributed by atoms with Crippen LogP contribution in [-0.4, -0.2) is 80.4 Å². The van der Waals surface area contributed by atoms with Crippen LogP contribution < -0.4 is 14.8 Å². The van der Waals surface area contributed by atoms with E-state index < -0.39 is 60.4 Å². The van der Waals surface area contributed by atoms with Crippen molar-refractivity contribution in [1.29, 1.82) is 0 Å². The maximum Gasteiger partial charge on any atom is 0.334 e. The molecule has 0 radical (unpaired) electrons. The second-order valence-electron chi connectivity index (χ2n) is 10.5. The molecule has 13 nitrogen and oxygen atoms in total. The number of carboxylic acids is 1. The monoisotopic (exact) mass is 609 g/mol. The topological polar surface area (TPSA) is 180 Å². The van der Waals surface area contributed by atoms with Crippen molar-refractivity contribution in [3.05, 3.63) is 65.9 Å². The molecular weight excluding hydrogens is 574 g/mol. The number of carbonyl (C=O) groups excluding carboxylic acids is 5. The Labute approximate surface area is 254 Å². The van der Waals surface area contributed by atoms with Crippen molar-refractivity contribution in [3.63, 3.8) is 0 Å². The number of hydrogen-bond donors (Lipinski definition) is 3. The maximum atomic E-state index is 13.9. The lowest BCUT2D eigenvalue weighted by Gasteiger charge is -2.40. The number of nitrogens with zero attached hydrogens (tertiary/aromatic N) is 2. The third-order valence-corrected chi connectivity index (χ3v) is 6.69. The number of amides is 3. The van der Waals surface area contributed by atoms with Crippen LogP contribution in [0.5, 0.6) is 11.5 Å². The van der Waals surface area contributed by atoms with Crippen LogP contribution in [-0.2, 0) is 35.2 Å². The lowest BCUT2D eigenvalue weighted by molar-refractivity contribution is -0.149. The smallest absolute Gasteiger partial charge is 0.334 e. The van der Waals surface area contributed by atoms with Crippen LogP contribution in [0.15, 0.2) is 54.7 Å². The Hall–Kier alpha value is -5.04. The Morgan fingerprint density at radius 2 is 1.55 bits per heavy atom. The van der Waals surface area contributed by atoms with E-state index in [-0.39, 0.29) is 35.1 Å². The molecule has 0 spiro atoms. The van der Waals surface area contributed by atoms with Crippen LogP contribution in [0.1, 0.15) is 45.7 Å². The molecule has 0 fully saturated rings. The minimum Gasteiger partial charge on any atom is -0.479 e. The second kappa shape index (κ2) is 14.4. The van der Waals surface area contributed by atoms with Gasteiger partial charge >= 0.3 is 17.9 Å². The number of aliphatic hydroxyl groups is 1. The van der Waals surface area contributed by atoms with E-state index in [2.05, 4.69) is 5.32 Å². The van der Waals surface area contributed by atoms with Crippen LogP contribution in [0.25, 0.3) is 5.70 Å². The van der Waals surface area contributed by atoms with Crippen molar-refractivity contribution in [1.82, 2.24) is 15.1 Å². The van der Waals surface area contributed by atoms with E-state index >= 15 is 0 Å². The number of carbonyl (C=O) groups is 6. The molecule has 2 aromatic rings. The highest BCUT2D eigenvalue weighted by Gasteiger charge is 2.41. The van der Waals surface area contributed by atoms with Crippen LogP contribution in [0.2, 0.25) is 0 Å². The molecule has 2 unspecified atom stereocenters. The van der Waals surface area contributed by atoms with Gasteiger partial charge in [0.05, 0.1) is 11.7 Å². The van der Waals surface area contributed by atoms with Crippen molar-refractivity contribution in [2.75, 3.05) is 6.54 Å². The van der Waals surface area contributed by atoms with Gasteiger partial charge in [0.2, 0.25) is 11.8 Å². The minimum absolute atomic E-state index is 0.00716. The third kappa shape index (κ3) is 8.28. The fourth-order valence-corrected chi connectivity index (χ4v) is 4.78. The zero-order valence-electron chi connectivity index (χ0n) is 25.0. The highest BCUT2D eigenvalue weighted by atomic mass is 16.6. The number of rotatable bonds is 11. The van der Waals surface area contributed by atoms with Crippen LogP contribution >= 0.6 is 0 Å². The summed E-state index contributed by atoms with van der Waals surface area (Å²) in [5.41, 5.74) is 0.979. The van der Waals surface area contributed by atoms with E-state index in [1.165, 1.54) is 36.2 Å². The number of nitrogens with one attached hydrogen (secondary N) is 1. The van der Waals surface area contributed by atoms with E-state index in [0.717, 1.165) is 18.7 Å². The quantitative estimate of drug-likeness (QED) is 0.251. The minimum atomic E-state index is -1.94. The lowest BCUT2D eigenvalue weighted by atomic mass is 9.96. The van der Waals surface area contributed by atoms with Gasteiger partial charge in [0.1, 0.15) is 12.6 Å². The first-order chi connectivity index (χ1) is 20.7. The molecular formula is C31H35N3O10. The van der Waals surface area contributed by atoms with Crippen LogP contribution in [0.4, 0.5) is 0 Å². The van der Waals surface area contributed by atoms with Crippen molar-refractivity contribution < 1.29 is 48.5 Å². The number of hydrogen-bond acceptors (Lipinski definition) is 9. The Kier molecular flexibility index (Phi) is 11.0. The van der Waals surface area contributed by atoms with Gasteiger partial charge < -0.3 is 29.9 Å². The summed E-state index contributed by atoms with van der Waals surface area (Å²) >= 11 is 0. The number of aliphatic carboxylic acids is 1. The molecule has 1 aliphatic heterocycles. The van der Waals surface area contributed by atoms with Crippen molar-refractivity contribution in [3.8, 4) is 11.5 Å². The Balaban J connectivity index is 2.05. The largest absolute Gasteiger partial charge is 0.479 e. The van der Waals surface area contributed by atoms with Gasteiger partial charge in [-0.1, -0.05) is 44.2 Å². The molecule has 1 aliphatic rings. The molecule has 3 amide bonds. The Morgan fingerprint density at radius 1 is 0.932 bits per heavy atom. The first kappa shape index (κ1) is 33.5. The maximum absolute atomic E-state index is 13.9. The van der Waals surface area contributed by atoms with Crippen LogP contribution in [0, 0.1) is 5.92 Å². The summed E-state index contributed by atoms with van der Waals surface area (Å²) < 4.78 is 10.3. The summed E-state index contributed by atoms with van der Waals surface area (Å²) in [5, 5.41) is 22.4. The molecule has 13 heteroatoms. The highest BCUT2D eigenvalue weighted by molar-refractivity contribution is 5.99. The van der Waals surface area contributed by atoms with E-state index in [4.69, 9.17) is 9.47 Å². The third-order valence-electron chi connectivity index (χ3n) is 6.69. The summed E-state index contributed by atoms with van der Waals surface area (Å²) in [4.78, 5) is 77.3. The Morgan fingerprint density at radius 3 is 2.09 bits per heavy atom. The van der Waals surface area contributed by atoms with Gasteiger partial charge in [0, 0.05) is 32.5 Å². The second-order valence-corrected chi connectivity index (χ2v) is 10.5. The van der Waals surface area contributed by atoms with Crippen LogP contribution in [0.3, 0.4) is 0 Å². The fourth-order valence-electron chi connectivity index (χ4n) is 4.78. The number of benzene rings is 2. The summed E-state index contributed by atoms with van der Waals surface area (Å²) in [6.45, 7) is 6.47. The molecule has 44 heavy (non-hydrogen) atoms. The molecule has 0 saturated heterocycles. The predicted molar refractivity (Wildman–Crippen MR) is 156 cm³/mol. The average Bonchev–Trinajstić information content (AvgIpc) is 2.93. The zero-order valence-corrected chi connectivity index (χ0v) is 25.0. The predicted octanol–water partition coefficient (Wildman–Crippen LogP) is 1.72. The molecule has 0 saturated carbocycles. The summed E-state index contributed by atoms with van der Waals surface area (Å²) in [7, 11) is 0. The van der Waals surface area contributed by atoms with E-state index in [1.807, 2.05) is 0 Å². The molecule has 0 bridgehead atoms. The van der Waals surface area contributed by atoms with Gasteiger partial charge in [0.15, 0.2) is 17.6 Å². The Bertz CT molecular complexity index is 1470. The number of carboxylic acid groups (broad SMARTS) is 1. The summed E-state index contributed by atoms with van der Waals surface area (Å²) in [6.07, 6.45) is -0.552. The molecule has 0 aliphatic carbocycles. The van der Waals surface area contributed by atoms with Crippen molar-refractivity contribution in [2.45, 2.75) is 59.2 Å². The zero-order chi connectivity index (χ0) is 32.7. The van der Waals surface area contributed by atoms with E-state index in [0.29, 0.717) is 5.56 Å². The molecule has 0 aromatic heterocycles. The SMILES string of the molecule is CC(=O)Oc1ccc(C2=CN(C(C)=O)C(C(C)C)C(=O)N2CC(=O)N[C@@H](Cc2ccccc2)C(O)C(=O)O)cc1OC(C)=O. The molecule has 3 rings (SSSR count). The summed E-state index contributed by atoms with van der Waals surface area (Å²) in [6, 6.07) is 10.6. The van der Waals surface area contributed by atoms with Gasteiger partial charge in [-0.3, -0.25) is 28.9 Å². The number of esters is 2. The summed E-state index contributed by atoms with van der Waals surface area (Å²) in [5.74, 6) is -5.32. The van der Waals surface area contributed by atoms with Gasteiger partial charge in [-0.15, -0.1) is 0 Å². The van der Waals surface area contributed by atoms with Gasteiger partial charge in [-0.25, -0.2) is 4.79 Å². The molecule has 3 N–H and O–H groups in total. The van der Waals surface area contributed by atoms with Gasteiger partial charge in [0.25, 0.3) is 5.91 Å². The van der Waals surface area contributed by atoms with E-state index in [1.54, 1.807) is 44.2 Å². The van der Waals surface area contributed by atoms with Gasteiger partial charge in [-0.2, -0.15) is 0 Å². The van der Waals surface area contributed by atoms with Crippen molar-refractivity contribution in [2.24, 2.45) is 5.92 Å². The standard InChI is InChI=1S/C31H35N3O10/c1-17(2)28-30(40)34(16-27(38)32-23(29(39)31(41)42)13-21-9-7-6-8-10-21)24(15-33(28)18(3)35)22-11-12-25(43-19(4)36)26(14-22)44-20(5)37/h6-12,14-15,17,23,28-29,39H,13,16H2,1-5H3,(H,32,38)(H,41,42)/t23-,28?,29?/m0/s1. The first-order valence-electron chi connectivity index (χ1n) is 13.8. The van der Waals surface area contributed by atoms with E-state index in [9.17, 15) is 39.0 Å². The number of ether oxygens (including phenoxy) is 2. The molecule has 234 valence electrons.